The second-order valence-electron chi connectivity index (χ2n) is 5.90. The highest BCUT2D eigenvalue weighted by atomic mass is 32.2. The average Bonchev–Trinajstić information content (AvgIpc) is 3.30. The van der Waals surface area contributed by atoms with Gasteiger partial charge in [-0.05, 0) is 18.9 Å². The van der Waals surface area contributed by atoms with Gasteiger partial charge in [-0.3, -0.25) is 0 Å². The Morgan fingerprint density at radius 1 is 1.43 bits per heavy atom. The van der Waals surface area contributed by atoms with E-state index < -0.39 is 20.7 Å². The minimum Gasteiger partial charge on any atom is -0.491 e. The molecule has 0 aromatic heterocycles. The molecule has 8 heteroatoms. The average molecular weight is 341 g/mol. The van der Waals surface area contributed by atoms with Gasteiger partial charge in [-0.1, -0.05) is 12.1 Å². The topological polar surface area (TPSA) is 93.1 Å². The van der Waals surface area contributed by atoms with Crippen LogP contribution in [0.3, 0.4) is 0 Å². The Kier molecular flexibility index (Phi) is 4.07. The number of fused-ring (bicyclic) bond motifs is 1. The molecule has 1 N–H and O–H groups in total. The summed E-state index contributed by atoms with van der Waals surface area (Å²) in [4.78, 5) is 11.3. The van der Waals surface area contributed by atoms with Crippen LogP contribution in [0.2, 0.25) is 0 Å². The lowest BCUT2D eigenvalue weighted by molar-refractivity contribution is 0.0692. The summed E-state index contributed by atoms with van der Waals surface area (Å²) in [5.41, 5.74) is 0.624. The Morgan fingerprint density at radius 3 is 2.78 bits per heavy atom. The maximum absolute atomic E-state index is 12.9. The number of carboxylic acid groups (broad SMARTS) is 1. The highest BCUT2D eigenvalue weighted by Gasteiger charge is 2.57. The van der Waals surface area contributed by atoms with Gasteiger partial charge in [0.25, 0.3) is 0 Å². The Hall–Kier alpha value is -1.64. The number of rotatable bonds is 5. The van der Waals surface area contributed by atoms with Crippen molar-refractivity contribution >= 4 is 16.0 Å². The van der Waals surface area contributed by atoms with Crippen molar-refractivity contribution in [2.45, 2.75) is 24.1 Å². The first kappa shape index (κ1) is 16.2. The van der Waals surface area contributed by atoms with Gasteiger partial charge in [0.05, 0.1) is 6.61 Å². The van der Waals surface area contributed by atoms with Crippen LogP contribution in [0.1, 0.15) is 28.8 Å². The number of nitrogens with zero attached hydrogens (tertiary/aromatic N) is 1. The Labute approximate surface area is 134 Å². The maximum atomic E-state index is 12.9. The largest absolute Gasteiger partial charge is 0.491 e. The lowest BCUT2D eigenvalue weighted by atomic mass is 10.1. The predicted octanol–water partition coefficient (Wildman–Crippen LogP) is 1.09. The standard InChI is InChI=1S/C15H19NO6S/c1-21-10-15(5-6-15)23(19,20)16-7-8-22-13-11(9-16)3-2-4-12(13)14(17)18/h2-4H,5-10H2,1H3,(H,17,18). The number of para-hydroxylation sites is 1. The molecule has 7 nitrogen and oxygen atoms in total. The molecular formula is C15H19NO6S. The summed E-state index contributed by atoms with van der Waals surface area (Å²) in [6.07, 6.45) is 1.17. The summed E-state index contributed by atoms with van der Waals surface area (Å²) in [6.45, 7) is 0.611. The van der Waals surface area contributed by atoms with Gasteiger partial charge in [0.2, 0.25) is 10.0 Å². The summed E-state index contributed by atoms with van der Waals surface area (Å²) < 4.78 is 37.0. The number of carbonyl (C=O) groups is 1. The third-order valence-electron chi connectivity index (χ3n) is 4.36. The summed E-state index contributed by atoms with van der Waals surface area (Å²) in [7, 11) is -2.04. The first-order chi connectivity index (χ1) is 10.9. The molecule has 126 valence electrons. The lowest BCUT2D eigenvalue weighted by Gasteiger charge is -2.25. The molecule has 0 saturated heterocycles. The van der Waals surface area contributed by atoms with Crippen LogP contribution >= 0.6 is 0 Å². The molecule has 0 amide bonds. The smallest absolute Gasteiger partial charge is 0.339 e. The van der Waals surface area contributed by atoms with E-state index in [4.69, 9.17) is 9.47 Å². The number of sulfonamides is 1. The Balaban J connectivity index is 1.93. The fourth-order valence-corrected chi connectivity index (χ4v) is 4.98. The van der Waals surface area contributed by atoms with E-state index in [1.54, 1.807) is 12.1 Å². The molecule has 3 rings (SSSR count). The van der Waals surface area contributed by atoms with Gasteiger partial charge in [-0.15, -0.1) is 0 Å². The van der Waals surface area contributed by atoms with Gasteiger partial charge >= 0.3 is 5.97 Å². The van der Waals surface area contributed by atoms with E-state index in [-0.39, 0.29) is 37.6 Å². The van der Waals surface area contributed by atoms with E-state index in [0.29, 0.717) is 18.4 Å². The Morgan fingerprint density at radius 2 is 2.17 bits per heavy atom. The van der Waals surface area contributed by atoms with E-state index >= 15 is 0 Å². The molecule has 1 saturated carbocycles. The van der Waals surface area contributed by atoms with Crippen LogP contribution in [0.15, 0.2) is 18.2 Å². The van der Waals surface area contributed by atoms with Crippen LogP contribution in [-0.2, 0) is 21.3 Å². The Bertz CT molecular complexity index is 725. The summed E-state index contributed by atoms with van der Waals surface area (Å²) >= 11 is 0. The summed E-state index contributed by atoms with van der Waals surface area (Å²) in [6, 6.07) is 4.76. The van der Waals surface area contributed by atoms with Gasteiger partial charge in [0.15, 0.2) is 0 Å². The van der Waals surface area contributed by atoms with Crippen LogP contribution in [0.4, 0.5) is 0 Å². The number of aromatic carboxylic acids is 1. The lowest BCUT2D eigenvalue weighted by Crippen LogP contribution is -2.43. The zero-order chi connectivity index (χ0) is 16.7. The first-order valence-corrected chi connectivity index (χ1v) is 8.82. The number of hydrogen-bond donors (Lipinski definition) is 1. The monoisotopic (exact) mass is 341 g/mol. The van der Waals surface area contributed by atoms with Gasteiger partial charge < -0.3 is 14.6 Å². The molecule has 1 aromatic rings. The van der Waals surface area contributed by atoms with Crippen LogP contribution < -0.4 is 4.74 Å². The first-order valence-electron chi connectivity index (χ1n) is 7.38. The third-order valence-corrected chi connectivity index (χ3v) is 6.97. The SMILES string of the molecule is COCC1(S(=O)(=O)N2CCOc3c(cccc3C(=O)O)C2)CC1. The van der Waals surface area contributed by atoms with Crippen molar-refractivity contribution in [1.29, 1.82) is 0 Å². The number of hydrogen-bond acceptors (Lipinski definition) is 5. The zero-order valence-electron chi connectivity index (χ0n) is 12.8. The minimum absolute atomic E-state index is 0.0553. The van der Waals surface area contributed by atoms with Gasteiger partial charge in [-0.2, -0.15) is 4.31 Å². The molecular weight excluding hydrogens is 322 g/mol. The number of carboxylic acids is 1. The quantitative estimate of drug-likeness (QED) is 0.862. The zero-order valence-corrected chi connectivity index (χ0v) is 13.6. The molecule has 1 heterocycles. The van der Waals surface area contributed by atoms with Crippen LogP contribution in [0, 0.1) is 0 Å². The number of methoxy groups -OCH3 is 1. The molecule has 2 aliphatic rings. The second-order valence-corrected chi connectivity index (χ2v) is 8.23. The minimum atomic E-state index is -3.53. The number of benzene rings is 1. The third kappa shape index (κ3) is 2.71. The van der Waals surface area contributed by atoms with Crippen molar-refractivity contribution in [2.75, 3.05) is 26.9 Å². The van der Waals surface area contributed by atoms with E-state index in [1.165, 1.54) is 17.5 Å². The fourth-order valence-electron chi connectivity index (χ4n) is 2.93. The normalized spacial score (nSPS) is 20.2. The van der Waals surface area contributed by atoms with Crippen molar-refractivity contribution in [1.82, 2.24) is 4.31 Å². The van der Waals surface area contributed by atoms with Crippen molar-refractivity contribution in [3.8, 4) is 5.75 Å². The van der Waals surface area contributed by atoms with Crippen LogP contribution in [0.25, 0.3) is 0 Å². The van der Waals surface area contributed by atoms with Crippen LogP contribution in [-0.4, -0.2) is 55.4 Å². The molecule has 0 bridgehead atoms. The van der Waals surface area contributed by atoms with E-state index in [2.05, 4.69) is 0 Å². The molecule has 1 aliphatic heterocycles. The maximum Gasteiger partial charge on any atom is 0.339 e. The van der Waals surface area contributed by atoms with E-state index in [9.17, 15) is 18.3 Å². The molecule has 23 heavy (non-hydrogen) atoms. The van der Waals surface area contributed by atoms with Crippen LogP contribution in [0.5, 0.6) is 5.75 Å². The summed E-state index contributed by atoms with van der Waals surface area (Å²) in [5, 5.41) is 9.24. The van der Waals surface area contributed by atoms with Gasteiger partial charge in [-0.25, -0.2) is 13.2 Å². The highest BCUT2D eigenvalue weighted by Crippen LogP contribution is 2.46. The molecule has 0 radical (unpaired) electrons. The van der Waals surface area contributed by atoms with E-state index in [1.807, 2.05) is 0 Å². The van der Waals surface area contributed by atoms with Crippen molar-refractivity contribution in [3.63, 3.8) is 0 Å². The van der Waals surface area contributed by atoms with E-state index in [0.717, 1.165) is 0 Å². The second kappa shape index (κ2) is 5.77. The molecule has 1 aliphatic carbocycles. The van der Waals surface area contributed by atoms with Gasteiger partial charge in [0.1, 0.15) is 22.7 Å². The molecule has 0 spiro atoms. The fraction of sp³-hybridized carbons (Fsp3) is 0.533. The predicted molar refractivity (Wildman–Crippen MR) is 82.1 cm³/mol. The molecule has 0 atom stereocenters. The number of ether oxygens (including phenoxy) is 2. The van der Waals surface area contributed by atoms with Gasteiger partial charge in [0, 0.05) is 25.8 Å². The van der Waals surface area contributed by atoms with Crippen molar-refractivity contribution in [3.05, 3.63) is 29.3 Å². The van der Waals surface area contributed by atoms with Crippen molar-refractivity contribution in [2.24, 2.45) is 0 Å². The molecule has 1 aromatic carbocycles. The molecule has 1 fully saturated rings. The highest BCUT2D eigenvalue weighted by molar-refractivity contribution is 7.90. The van der Waals surface area contributed by atoms with Crippen molar-refractivity contribution < 1.29 is 27.8 Å². The summed E-state index contributed by atoms with van der Waals surface area (Å²) in [5.74, 6) is -0.828. The molecule has 0 unspecified atom stereocenters.